The zero-order valence-corrected chi connectivity index (χ0v) is 11.2. The van der Waals surface area contributed by atoms with Crippen molar-refractivity contribution in [3.63, 3.8) is 0 Å². The monoisotopic (exact) mass is 282 g/mol. The number of carbonyl (C=O) groups excluding carboxylic acids is 1. The van der Waals surface area contributed by atoms with E-state index in [-0.39, 0.29) is 6.61 Å². The predicted octanol–water partition coefficient (Wildman–Crippen LogP) is 0.734. The predicted molar refractivity (Wildman–Crippen MR) is 68.4 cm³/mol. The summed E-state index contributed by atoms with van der Waals surface area (Å²) in [6, 6.07) is 9.20. The molecule has 6 nitrogen and oxygen atoms in total. The molecule has 7 heteroatoms. The summed E-state index contributed by atoms with van der Waals surface area (Å²) in [6.07, 6.45) is 0. The van der Waals surface area contributed by atoms with Crippen LogP contribution in [-0.4, -0.2) is 26.7 Å². The molecule has 102 valence electrons. The number of carbonyl (C=O) groups is 1. The van der Waals surface area contributed by atoms with Gasteiger partial charge in [0.15, 0.2) is 5.75 Å². The van der Waals surface area contributed by atoms with Crippen LogP contribution in [0.4, 0.5) is 0 Å². The molecule has 1 N–H and O–H groups in total. The number of hydrogen-bond donors (Lipinski definition) is 1. The quantitative estimate of drug-likeness (QED) is 0.776. The van der Waals surface area contributed by atoms with E-state index >= 15 is 0 Å². The van der Waals surface area contributed by atoms with Crippen molar-refractivity contribution in [2.24, 2.45) is 0 Å². The van der Waals surface area contributed by atoms with Crippen LogP contribution < -0.4 is 4.72 Å². The van der Waals surface area contributed by atoms with Crippen molar-refractivity contribution in [1.29, 1.82) is 5.26 Å². The lowest BCUT2D eigenvalue weighted by molar-refractivity contribution is -0.139. The van der Waals surface area contributed by atoms with Crippen LogP contribution in [0.2, 0.25) is 0 Å². The van der Waals surface area contributed by atoms with Gasteiger partial charge in [0.2, 0.25) is 10.0 Å². The first-order valence-electron chi connectivity index (χ1n) is 5.58. The summed E-state index contributed by atoms with van der Waals surface area (Å²) in [7, 11) is -3.91. The molecule has 0 amide bonds. The summed E-state index contributed by atoms with van der Waals surface area (Å²) in [5.74, 6) is -1.65. The largest absolute Gasteiger partial charge is 0.465 e. The Labute approximate surface area is 112 Å². The minimum Gasteiger partial charge on any atom is -0.465 e. The Morgan fingerprint density at radius 1 is 1.42 bits per heavy atom. The number of ether oxygens (including phenoxy) is 1. The van der Waals surface area contributed by atoms with Gasteiger partial charge in [-0.25, -0.2) is 8.42 Å². The van der Waals surface area contributed by atoms with Crippen LogP contribution >= 0.6 is 0 Å². The third-order valence-electron chi connectivity index (χ3n) is 2.17. The van der Waals surface area contributed by atoms with Crippen molar-refractivity contribution in [3.05, 3.63) is 35.9 Å². The third-order valence-corrected chi connectivity index (χ3v) is 3.38. The molecule has 19 heavy (non-hydrogen) atoms. The maximum Gasteiger partial charge on any atom is 0.322 e. The second-order valence-corrected chi connectivity index (χ2v) is 5.41. The van der Waals surface area contributed by atoms with Crippen molar-refractivity contribution in [2.75, 3.05) is 12.4 Å². The van der Waals surface area contributed by atoms with Gasteiger partial charge in [0.1, 0.15) is 6.04 Å². The van der Waals surface area contributed by atoms with Gasteiger partial charge in [-0.05, 0) is 12.5 Å². The van der Waals surface area contributed by atoms with Crippen LogP contribution in [0.3, 0.4) is 0 Å². The average molecular weight is 282 g/mol. The fourth-order valence-corrected chi connectivity index (χ4v) is 2.42. The molecule has 1 atom stereocenters. The second-order valence-electron chi connectivity index (χ2n) is 3.65. The van der Waals surface area contributed by atoms with E-state index in [0.717, 1.165) is 0 Å². The highest BCUT2D eigenvalue weighted by Gasteiger charge is 2.22. The fourth-order valence-electron chi connectivity index (χ4n) is 1.39. The molecule has 0 aromatic heterocycles. The zero-order chi connectivity index (χ0) is 14.3. The van der Waals surface area contributed by atoms with Crippen LogP contribution in [0.15, 0.2) is 30.3 Å². The zero-order valence-electron chi connectivity index (χ0n) is 10.4. The third kappa shape index (κ3) is 5.07. The van der Waals surface area contributed by atoms with Crippen LogP contribution in [0.5, 0.6) is 0 Å². The standard InChI is InChI=1S/C12H14N2O4S/c1-2-18-12(15)9-19(16,17)14-11(8-13)10-6-4-3-5-7-10/h3-7,11,14H,2,9H2,1H3. The molecule has 0 heterocycles. The van der Waals surface area contributed by atoms with E-state index in [1.54, 1.807) is 37.3 Å². The maximum absolute atomic E-state index is 11.7. The van der Waals surface area contributed by atoms with Gasteiger partial charge in [0.05, 0.1) is 12.7 Å². The van der Waals surface area contributed by atoms with E-state index in [0.29, 0.717) is 5.56 Å². The van der Waals surface area contributed by atoms with Crippen molar-refractivity contribution in [1.82, 2.24) is 4.72 Å². The van der Waals surface area contributed by atoms with Gasteiger partial charge in [-0.2, -0.15) is 9.98 Å². The summed E-state index contributed by atoms with van der Waals surface area (Å²) < 4.78 is 30.1. The van der Waals surface area contributed by atoms with Gasteiger partial charge in [0, 0.05) is 0 Å². The number of nitrogens with one attached hydrogen (secondary N) is 1. The van der Waals surface area contributed by atoms with E-state index < -0.39 is 27.8 Å². The topological polar surface area (TPSA) is 96.3 Å². The van der Waals surface area contributed by atoms with Gasteiger partial charge in [-0.15, -0.1) is 0 Å². The molecule has 0 aliphatic rings. The first-order chi connectivity index (χ1) is 8.98. The Bertz CT molecular complexity index is 563. The fraction of sp³-hybridized carbons (Fsp3) is 0.333. The lowest BCUT2D eigenvalue weighted by Gasteiger charge is -2.11. The molecule has 0 saturated carbocycles. The Morgan fingerprint density at radius 2 is 2.05 bits per heavy atom. The molecule has 0 aliphatic heterocycles. The minimum atomic E-state index is -3.91. The summed E-state index contributed by atoms with van der Waals surface area (Å²) in [5, 5.41) is 8.99. The SMILES string of the molecule is CCOC(=O)CS(=O)(=O)NC(C#N)c1ccccc1. The highest BCUT2D eigenvalue weighted by atomic mass is 32.2. The molecule has 0 radical (unpaired) electrons. The van der Waals surface area contributed by atoms with Crippen LogP contribution in [0.25, 0.3) is 0 Å². The molecule has 0 fully saturated rings. The first kappa shape index (κ1) is 15.1. The number of sulfonamides is 1. The van der Waals surface area contributed by atoms with E-state index in [4.69, 9.17) is 5.26 Å². The highest BCUT2D eigenvalue weighted by molar-refractivity contribution is 7.90. The molecule has 0 spiro atoms. The number of nitrogens with zero attached hydrogens (tertiary/aromatic N) is 1. The number of hydrogen-bond acceptors (Lipinski definition) is 5. The molecule has 1 unspecified atom stereocenters. The minimum absolute atomic E-state index is 0.106. The number of benzene rings is 1. The van der Waals surface area contributed by atoms with Gasteiger partial charge in [-0.3, -0.25) is 4.79 Å². The van der Waals surface area contributed by atoms with E-state index in [1.165, 1.54) is 0 Å². The van der Waals surface area contributed by atoms with Crippen LogP contribution in [0.1, 0.15) is 18.5 Å². The van der Waals surface area contributed by atoms with Crippen molar-refractivity contribution in [3.8, 4) is 6.07 Å². The van der Waals surface area contributed by atoms with Gasteiger partial charge >= 0.3 is 5.97 Å². The molecular weight excluding hydrogens is 268 g/mol. The smallest absolute Gasteiger partial charge is 0.322 e. The number of nitriles is 1. The van der Waals surface area contributed by atoms with Gasteiger partial charge in [-0.1, -0.05) is 30.3 Å². The average Bonchev–Trinajstić information content (AvgIpc) is 2.36. The van der Waals surface area contributed by atoms with E-state index in [2.05, 4.69) is 9.46 Å². The van der Waals surface area contributed by atoms with Crippen molar-refractivity contribution >= 4 is 16.0 Å². The van der Waals surface area contributed by atoms with Gasteiger partial charge in [0.25, 0.3) is 0 Å². The van der Waals surface area contributed by atoms with Crippen molar-refractivity contribution in [2.45, 2.75) is 13.0 Å². The second kappa shape index (κ2) is 6.87. The molecule has 1 rings (SSSR count). The van der Waals surface area contributed by atoms with Crippen LogP contribution in [-0.2, 0) is 19.6 Å². The number of rotatable bonds is 6. The maximum atomic E-state index is 11.7. The lowest BCUT2D eigenvalue weighted by atomic mass is 10.1. The number of esters is 1. The molecular formula is C12H14N2O4S. The molecule has 0 aliphatic carbocycles. The Morgan fingerprint density at radius 3 is 2.58 bits per heavy atom. The summed E-state index contributed by atoms with van der Waals surface area (Å²) >= 11 is 0. The Kier molecular flexibility index (Phi) is 5.48. The van der Waals surface area contributed by atoms with E-state index in [9.17, 15) is 13.2 Å². The van der Waals surface area contributed by atoms with Crippen molar-refractivity contribution < 1.29 is 17.9 Å². The molecule has 1 aromatic carbocycles. The summed E-state index contributed by atoms with van der Waals surface area (Å²) in [4.78, 5) is 11.1. The Balaban J connectivity index is 2.76. The highest BCUT2D eigenvalue weighted by Crippen LogP contribution is 2.12. The summed E-state index contributed by atoms with van der Waals surface area (Å²) in [6.45, 7) is 1.69. The molecule has 0 bridgehead atoms. The van der Waals surface area contributed by atoms with E-state index in [1.807, 2.05) is 6.07 Å². The molecule has 1 aromatic rings. The Hall–Kier alpha value is -1.91. The first-order valence-corrected chi connectivity index (χ1v) is 7.24. The molecule has 0 saturated heterocycles. The van der Waals surface area contributed by atoms with Crippen LogP contribution in [0, 0.1) is 11.3 Å². The lowest BCUT2D eigenvalue weighted by Crippen LogP contribution is -2.33. The van der Waals surface area contributed by atoms with Gasteiger partial charge < -0.3 is 4.74 Å². The summed E-state index contributed by atoms with van der Waals surface area (Å²) in [5.41, 5.74) is 0.512. The normalized spacial score (nSPS) is 12.4.